The van der Waals surface area contributed by atoms with Gasteiger partial charge in [-0.2, -0.15) is 0 Å². The van der Waals surface area contributed by atoms with Crippen molar-refractivity contribution in [2.45, 2.75) is 51.3 Å². The van der Waals surface area contributed by atoms with Crippen molar-refractivity contribution >= 4 is 61.7 Å². The lowest BCUT2D eigenvalue weighted by molar-refractivity contribution is -0.151. The zero-order valence-electron chi connectivity index (χ0n) is 24.0. The van der Waals surface area contributed by atoms with Crippen molar-refractivity contribution in [3.63, 3.8) is 0 Å². The van der Waals surface area contributed by atoms with E-state index < -0.39 is 41.9 Å². The van der Waals surface area contributed by atoms with Crippen LogP contribution in [0.2, 0.25) is 0 Å². The van der Waals surface area contributed by atoms with Gasteiger partial charge in [-0.05, 0) is 54.3 Å². The van der Waals surface area contributed by atoms with Gasteiger partial charge in [-0.3, -0.25) is 9.36 Å². The second kappa shape index (κ2) is 15.3. The molecule has 0 amide bonds. The molecule has 0 radical (unpaired) electrons. The van der Waals surface area contributed by atoms with Crippen LogP contribution in [-0.2, 0) is 50.1 Å². The summed E-state index contributed by atoms with van der Waals surface area (Å²) in [7, 11) is -3.16. The quantitative estimate of drug-likeness (QED) is 0.145. The highest BCUT2D eigenvalue weighted by atomic mass is 79.9. The summed E-state index contributed by atoms with van der Waals surface area (Å²) in [5.74, 6) is -2.30. The van der Waals surface area contributed by atoms with Crippen molar-refractivity contribution in [2.24, 2.45) is 5.92 Å². The minimum Gasteiger partial charge on any atom is -0.469 e. The summed E-state index contributed by atoms with van der Waals surface area (Å²) in [6, 6.07) is 14.7. The van der Waals surface area contributed by atoms with Gasteiger partial charge in [0, 0.05) is 13.7 Å². The molecule has 0 bridgehead atoms. The Bertz CT molecular complexity index is 1110. The molecule has 2 atom stereocenters. The summed E-state index contributed by atoms with van der Waals surface area (Å²) in [5, 5.41) is 0. The number of methoxy groups -OCH3 is 2. The Balaban J connectivity index is 2.35. The number of esters is 2. The maximum Gasteiger partial charge on any atom is 0.336 e. The summed E-state index contributed by atoms with van der Waals surface area (Å²) in [4.78, 5) is 25.7. The van der Waals surface area contributed by atoms with E-state index in [2.05, 4.69) is 31.9 Å². The van der Waals surface area contributed by atoms with E-state index in [0.717, 1.165) is 20.1 Å². The van der Waals surface area contributed by atoms with Crippen molar-refractivity contribution in [1.82, 2.24) is 0 Å². The lowest BCUT2D eigenvalue weighted by Gasteiger charge is -2.45. The summed E-state index contributed by atoms with van der Waals surface area (Å²) < 4.78 is 43.8. The molecular weight excluding hydrogens is 687 g/mol. The monoisotopic (exact) mass is 724 g/mol. The third kappa shape index (κ3) is 10.9. The van der Waals surface area contributed by atoms with Gasteiger partial charge in [-0.1, -0.05) is 76.9 Å². The largest absolute Gasteiger partial charge is 0.469 e. The molecule has 0 spiro atoms. The second-order valence-electron chi connectivity index (χ2n) is 10.5. The van der Waals surface area contributed by atoms with Crippen LogP contribution in [0.1, 0.15) is 38.3 Å². The van der Waals surface area contributed by atoms with Crippen molar-refractivity contribution in [1.29, 1.82) is 0 Å². The minimum absolute atomic E-state index is 0.00305. The minimum atomic E-state index is -3.90. The number of rotatable bonds is 14. The Hall–Kier alpha value is -1.20. The van der Waals surface area contributed by atoms with E-state index in [4.69, 9.17) is 22.7 Å². The molecule has 40 heavy (non-hydrogen) atoms. The number of carbonyl (C=O) groups is 2. The smallest absolute Gasteiger partial charge is 0.336 e. The molecule has 0 N–H and O–H groups in total. The number of benzene rings is 2. The highest BCUT2D eigenvalue weighted by molar-refractivity contribution is 9.10. The first-order valence-corrected chi connectivity index (χ1v) is 18.2. The Labute approximate surface area is 256 Å². The van der Waals surface area contributed by atoms with Crippen LogP contribution in [0.15, 0.2) is 57.5 Å². The average molecular weight is 726 g/mol. The predicted octanol–water partition coefficient (Wildman–Crippen LogP) is 7.65. The molecule has 2 unspecified atom stereocenters. The summed E-state index contributed by atoms with van der Waals surface area (Å²) in [6.07, 6.45) is 2.39. The number of hydrogen-bond donors (Lipinski definition) is 0. The molecule has 0 aliphatic heterocycles. The van der Waals surface area contributed by atoms with E-state index in [1.807, 2.05) is 81.8 Å². The van der Waals surface area contributed by atoms with Crippen molar-refractivity contribution < 1.29 is 36.9 Å². The van der Waals surface area contributed by atoms with E-state index >= 15 is 0 Å². The normalized spacial score (nSPS) is 14.3. The fourth-order valence-electron chi connectivity index (χ4n) is 3.33. The third-order valence-corrected chi connectivity index (χ3v) is 13.1. The third-order valence-electron chi connectivity index (χ3n) is 6.45. The number of carbonyl (C=O) groups excluding carboxylic acids is 2. The standard InChI is InChI=1S/C28H39Br2O8PS/c1-28(2,3)40(6,7)38-25(27(32)35-5)16-22(26(31)34-4)19-39(33,36-17-20-8-12-23(29)13-9-20)37-18-21-10-14-24(30)15-11-21/h8-15,22,25H,16-19H2,1-7H3. The molecule has 0 fully saturated rings. The summed E-state index contributed by atoms with van der Waals surface area (Å²) in [5.41, 5.74) is 1.55. The molecular formula is C28H39Br2O8PS. The first kappa shape index (κ1) is 35.0. The number of hydrogen-bond acceptors (Lipinski definition) is 8. The first-order valence-electron chi connectivity index (χ1n) is 12.5. The number of halogens is 2. The molecule has 0 saturated carbocycles. The molecule has 2 aromatic carbocycles. The second-order valence-corrected chi connectivity index (χ2v) is 18.3. The van der Waals surface area contributed by atoms with Crippen LogP contribution >= 0.6 is 49.8 Å². The van der Waals surface area contributed by atoms with Gasteiger partial charge in [0.2, 0.25) is 0 Å². The van der Waals surface area contributed by atoms with Crippen LogP contribution in [0.25, 0.3) is 0 Å². The Kier molecular flexibility index (Phi) is 13.4. The van der Waals surface area contributed by atoms with Crippen molar-refractivity contribution in [3.8, 4) is 0 Å². The fraction of sp³-hybridized carbons (Fsp3) is 0.500. The van der Waals surface area contributed by atoms with Gasteiger partial charge in [0.1, 0.15) is 0 Å². The first-order chi connectivity index (χ1) is 18.6. The molecule has 0 aliphatic rings. The van der Waals surface area contributed by atoms with Crippen LogP contribution in [0, 0.1) is 5.92 Å². The van der Waals surface area contributed by atoms with Gasteiger partial charge in [-0.15, -0.1) is 10.3 Å². The fourth-order valence-corrected chi connectivity index (χ4v) is 6.70. The SMILES string of the molecule is COC(=O)C(CC(OS(C)(C)C(C)(C)C)C(=O)OC)CP(=O)(OCc1ccc(Br)cc1)OCc1ccc(Br)cc1. The molecule has 12 heteroatoms. The summed E-state index contributed by atoms with van der Waals surface area (Å²) in [6.45, 7) is 6.06. The maximum atomic E-state index is 14.2. The predicted molar refractivity (Wildman–Crippen MR) is 167 cm³/mol. The van der Waals surface area contributed by atoms with Gasteiger partial charge >= 0.3 is 19.5 Å². The van der Waals surface area contributed by atoms with E-state index in [1.165, 1.54) is 14.2 Å². The Morgan fingerprint density at radius 1 is 0.825 bits per heavy atom. The molecule has 0 saturated heterocycles. The molecule has 2 rings (SSSR count). The summed E-state index contributed by atoms with van der Waals surface area (Å²) >= 11 is 6.80. The van der Waals surface area contributed by atoms with Crippen LogP contribution in [0.5, 0.6) is 0 Å². The molecule has 0 aliphatic carbocycles. The molecule has 0 aromatic heterocycles. The Morgan fingerprint density at radius 3 is 1.62 bits per heavy atom. The van der Waals surface area contributed by atoms with Gasteiger partial charge in [0.15, 0.2) is 6.10 Å². The van der Waals surface area contributed by atoms with Gasteiger partial charge in [-0.25, -0.2) is 4.79 Å². The van der Waals surface area contributed by atoms with E-state index in [1.54, 1.807) is 0 Å². The van der Waals surface area contributed by atoms with Gasteiger partial charge < -0.3 is 22.7 Å². The molecule has 224 valence electrons. The van der Waals surface area contributed by atoms with Crippen molar-refractivity contribution in [2.75, 3.05) is 32.9 Å². The van der Waals surface area contributed by atoms with Crippen LogP contribution in [-0.4, -0.2) is 55.7 Å². The van der Waals surface area contributed by atoms with E-state index in [-0.39, 0.29) is 30.5 Å². The lowest BCUT2D eigenvalue weighted by atomic mass is 10.0. The van der Waals surface area contributed by atoms with Crippen LogP contribution in [0.3, 0.4) is 0 Å². The average Bonchev–Trinajstić information content (AvgIpc) is 2.90. The molecule has 8 nitrogen and oxygen atoms in total. The molecule has 2 aromatic rings. The topological polar surface area (TPSA) is 97.4 Å². The van der Waals surface area contributed by atoms with E-state index in [9.17, 15) is 14.2 Å². The molecule has 0 heterocycles. The van der Waals surface area contributed by atoms with Gasteiger partial charge in [0.05, 0.1) is 39.5 Å². The van der Waals surface area contributed by atoms with Gasteiger partial charge in [0.25, 0.3) is 0 Å². The van der Waals surface area contributed by atoms with Crippen LogP contribution < -0.4 is 0 Å². The Morgan fingerprint density at radius 2 is 1.25 bits per heavy atom. The zero-order valence-corrected chi connectivity index (χ0v) is 28.9. The van der Waals surface area contributed by atoms with Crippen LogP contribution in [0.4, 0.5) is 0 Å². The van der Waals surface area contributed by atoms with E-state index in [0.29, 0.717) is 0 Å². The lowest BCUT2D eigenvalue weighted by Crippen LogP contribution is -2.37. The zero-order chi connectivity index (χ0) is 30.1. The highest BCUT2D eigenvalue weighted by Gasteiger charge is 2.40. The maximum absolute atomic E-state index is 14.2. The van der Waals surface area contributed by atoms with Crippen molar-refractivity contribution in [3.05, 3.63) is 68.6 Å². The highest BCUT2D eigenvalue weighted by Crippen LogP contribution is 2.56. The number of ether oxygens (including phenoxy) is 2.